The minimum Gasteiger partial charge on any atom is -0.481 e. The first-order valence-electron chi connectivity index (χ1n) is 5.74. The van der Waals surface area contributed by atoms with Crippen LogP contribution in [0.3, 0.4) is 0 Å². The molecule has 0 fully saturated rings. The van der Waals surface area contributed by atoms with Gasteiger partial charge in [-0.15, -0.1) is 0 Å². The average Bonchev–Trinajstić information content (AvgIpc) is 2.22. The molecule has 0 aromatic heterocycles. The molecule has 0 saturated heterocycles. The summed E-state index contributed by atoms with van der Waals surface area (Å²) in [5.41, 5.74) is 0.881. The number of urea groups is 1. The van der Waals surface area contributed by atoms with Crippen LogP contribution in [0.1, 0.15) is 26.7 Å². The zero-order chi connectivity index (χ0) is 13.4. The van der Waals surface area contributed by atoms with Crippen molar-refractivity contribution in [2.24, 2.45) is 5.92 Å². The summed E-state index contributed by atoms with van der Waals surface area (Å²) in [6, 6.07) is -0.268. The van der Waals surface area contributed by atoms with Crippen LogP contribution in [-0.4, -0.2) is 42.1 Å². The number of carbonyl (C=O) groups is 2. The third kappa shape index (κ3) is 6.60. The van der Waals surface area contributed by atoms with Gasteiger partial charge in [0.15, 0.2) is 0 Å². The lowest BCUT2D eigenvalue weighted by Gasteiger charge is -2.19. The van der Waals surface area contributed by atoms with E-state index in [4.69, 9.17) is 5.11 Å². The molecule has 17 heavy (non-hydrogen) atoms. The molecule has 0 bridgehead atoms. The largest absolute Gasteiger partial charge is 0.481 e. The minimum atomic E-state index is -0.866. The van der Waals surface area contributed by atoms with Crippen molar-refractivity contribution in [1.29, 1.82) is 0 Å². The van der Waals surface area contributed by atoms with Crippen molar-refractivity contribution in [3.05, 3.63) is 12.2 Å². The van der Waals surface area contributed by atoms with Gasteiger partial charge in [0.1, 0.15) is 0 Å². The highest BCUT2D eigenvalue weighted by molar-refractivity contribution is 5.76. The Balaban J connectivity index is 4.11. The number of rotatable bonds is 7. The molecule has 5 nitrogen and oxygen atoms in total. The van der Waals surface area contributed by atoms with E-state index in [0.29, 0.717) is 13.0 Å². The van der Waals surface area contributed by atoms with Crippen molar-refractivity contribution in [2.75, 3.05) is 20.1 Å². The summed E-state index contributed by atoms with van der Waals surface area (Å²) in [5, 5.41) is 11.5. The first-order valence-corrected chi connectivity index (χ1v) is 5.74. The van der Waals surface area contributed by atoms with Gasteiger partial charge in [-0.2, -0.15) is 0 Å². The van der Waals surface area contributed by atoms with Crippen molar-refractivity contribution in [3.63, 3.8) is 0 Å². The molecular weight excluding hydrogens is 220 g/mol. The molecule has 0 rings (SSSR count). The monoisotopic (exact) mass is 242 g/mol. The zero-order valence-electron chi connectivity index (χ0n) is 10.8. The van der Waals surface area contributed by atoms with Crippen molar-refractivity contribution in [3.8, 4) is 0 Å². The molecule has 5 heteroatoms. The fourth-order valence-corrected chi connectivity index (χ4v) is 1.48. The summed E-state index contributed by atoms with van der Waals surface area (Å²) < 4.78 is 0. The van der Waals surface area contributed by atoms with Crippen molar-refractivity contribution in [1.82, 2.24) is 10.2 Å². The van der Waals surface area contributed by atoms with Gasteiger partial charge in [0.05, 0.1) is 5.92 Å². The summed E-state index contributed by atoms with van der Waals surface area (Å²) in [6.07, 6.45) is 1.36. The van der Waals surface area contributed by atoms with Crippen LogP contribution in [0.15, 0.2) is 12.2 Å². The number of likely N-dealkylation sites (N-methyl/N-ethyl adjacent to an activating group) is 1. The van der Waals surface area contributed by atoms with Crippen LogP contribution in [0.4, 0.5) is 4.79 Å². The first kappa shape index (κ1) is 15.5. The Morgan fingerprint density at radius 2 is 2.06 bits per heavy atom. The van der Waals surface area contributed by atoms with E-state index >= 15 is 0 Å². The lowest BCUT2D eigenvalue weighted by molar-refractivity contribution is -0.141. The van der Waals surface area contributed by atoms with Gasteiger partial charge >= 0.3 is 12.0 Å². The molecule has 0 aromatic carbocycles. The predicted molar refractivity (Wildman–Crippen MR) is 66.9 cm³/mol. The molecule has 0 radical (unpaired) electrons. The van der Waals surface area contributed by atoms with E-state index in [9.17, 15) is 9.59 Å². The number of hydrogen-bond acceptors (Lipinski definition) is 2. The lowest BCUT2D eigenvalue weighted by atomic mass is 10.0. The summed E-state index contributed by atoms with van der Waals surface area (Å²) in [5.74, 6) is -1.38. The molecule has 1 unspecified atom stereocenters. The topological polar surface area (TPSA) is 69.6 Å². The maximum Gasteiger partial charge on any atom is 0.317 e. The molecule has 1 atom stereocenters. The highest BCUT2D eigenvalue weighted by Gasteiger charge is 2.18. The van der Waals surface area contributed by atoms with Crippen LogP contribution in [0.2, 0.25) is 0 Å². The Labute approximate surface area is 102 Å². The fraction of sp³-hybridized carbons (Fsp3) is 0.667. The first-order chi connectivity index (χ1) is 7.88. The maximum absolute atomic E-state index is 11.6. The van der Waals surface area contributed by atoms with Gasteiger partial charge in [0, 0.05) is 20.1 Å². The second-order valence-corrected chi connectivity index (χ2v) is 4.32. The summed E-state index contributed by atoms with van der Waals surface area (Å²) in [4.78, 5) is 23.9. The van der Waals surface area contributed by atoms with Crippen LogP contribution in [0.5, 0.6) is 0 Å². The molecule has 0 spiro atoms. The fourth-order valence-electron chi connectivity index (χ4n) is 1.48. The van der Waals surface area contributed by atoms with Crippen LogP contribution >= 0.6 is 0 Å². The van der Waals surface area contributed by atoms with E-state index in [1.807, 2.05) is 13.8 Å². The Morgan fingerprint density at radius 1 is 1.47 bits per heavy atom. The Morgan fingerprint density at radius 3 is 2.47 bits per heavy atom. The van der Waals surface area contributed by atoms with Crippen LogP contribution in [0.25, 0.3) is 0 Å². The van der Waals surface area contributed by atoms with E-state index in [2.05, 4.69) is 11.9 Å². The number of aliphatic carboxylic acids is 1. The standard InChI is InChI=1S/C12H22N2O3/c1-5-6-10(11(15)16)7-13-12(17)14(4)8-9(2)3/h10H,2,5-8H2,1,3-4H3,(H,13,17)(H,15,16). The maximum atomic E-state index is 11.6. The smallest absolute Gasteiger partial charge is 0.317 e. The highest BCUT2D eigenvalue weighted by Crippen LogP contribution is 2.05. The third-order valence-electron chi connectivity index (χ3n) is 2.34. The van der Waals surface area contributed by atoms with Crippen LogP contribution in [-0.2, 0) is 4.79 Å². The van der Waals surface area contributed by atoms with Gasteiger partial charge in [0.2, 0.25) is 0 Å². The van der Waals surface area contributed by atoms with E-state index < -0.39 is 11.9 Å². The SMILES string of the molecule is C=C(C)CN(C)C(=O)NCC(CCC)C(=O)O. The van der Waals surface area contributed by atoms with Gasteiger partial charge in [-0.05, 0) is 13.3 Å². The van der Waals surface area contributed by atoms with Gasteiger partial charge in [-0.3, -0.25) is 4.79 Å². The second kappa shape index (κ2) is 7.70. The van der Waals surface area contributed by atoms with Gasteiger partial charge in [0.25, 0.3) is 0 Å². The molecule has 0 aromatic rings. The number of nitrogens with zero attached hydrogens (tertiary/aromatic N) is 1. The third-order valence-corrected chi connectivity index (χ3v) is 2.34. The molecule has 0 aliphatic carbocycles. The zero-order valence-corrected chi connectivity index (χ0v) is 10.8. The van der Waals surface area contributed by atoms with Crippen LogP contribution in [0, 0.1) is 5.92 Å². The second-order valence-electron chi connectivity index (χ2n) is 4.32. The lowest BCUT2D eigenvalue weighted by Crippen LogP contribution is -2.41. The molecule has 0 aliphatic rings. The number of carboxylic acid groups (broad SMARTS) is 1. The summed E-state index contributed by atoms with van der Waals surface area (Å²) in [7, 11) is 1.65. The van der Waals surface area contributed by atoms with E-state index in [1.165, 1.54) is 4.90 Å². The molecule has 2 amide bonds. The Kier molecular flexibility index (Phi) is 7.02. The number of carbonyl (C=O) groups excluding carboxylic acids is 1. The molecule has 2 N–H and O–H groups in total. The highest BCUT2D eigenvalue weighted by atomic mass is 16.4. The number of nitrogens with one attached hydrogen (secondary N) is 1. The van der Waals surface area contributed by atoms with Crippen LogP contribution < -0.4 is 5.32 Å². The molecule has 0 saturated carbocycles. The molecular formula is C12H22N2O3. The summed E-state index contributed by atoms with van der Waals surface area (Å²) >= 11 is 0. The summed E-state index contributed by atoms with van der Waals surface area (Å²) in [6.45, 7) is 8.11. The number of amides is 2. The Bertz CT molecular complexity index is 289. The minimum absolute atomic E-state index is 0.169. The Hall–Kier alpha value is -1.52. The molecule has 0 heterocycles. The quantitative estimate of drug-likeness (QED) is 0.668. The van der Waals surface area contributed by atoms with E-state index in [1.54, 1.807) is 7.05 Å². The average molecular weight is 242 g/mol. The van der Waals surface area contributed by atoms with Gasteiger partial charge < -0.3 is 15.3 Å². The molecule has 98 valence electrons. The van der Waals surface area contributed by atoms with Crippen molar-refractivity contribution < 1.29 is 14.7 Å². The number of hydrogen-bond donors (Lipinski definition) is 2. The number of carboxylic acids is 1. The van der Waals surface area contributed by atoms with E-state index in [-0.39, 0.29) is 12.6 Å². The predicted octanol–water partition coefficient (Wildman–Crippen LogP) is 1.70. The van der Waals surface area contributed by atoms with Crippen molar-refractivity contribution >= 4 is 12.0 Å². The van der Waals surface area contributed by atoms with Crippen molar-refractivity contribution in [2.45, 2.75) is 26.7 Å². The van der Waals surface area contributed by atoms with Gasteiger partial charge in [-0.25, -0.2) is 4.79 Å². The normalized spacial score (nSPS) is 11.7. The van der Waals surface area contributed by atoms with Gasteiger partial charge in [-0.1, -0.05) is 25.5 Å². The molecule has 0 aliphatic heterocycles. The van der Waals surface area contributed by atoms with E-state index in [0.717, 1.165) is 12.0 Å².